The number of fused-ring (bicyclic) bond motifs is 1. The van der Waals surface area contributed by atoms with Gasteiger partial charge in [-0.1, -0.05) is 30.4 Å². The highest BCUT2D eigenvalue weighted by molar-refractivity contribution is 7.17. The first kappa shape index (κ1) is 18.8. The standard InChI is InChI=1S/C19H22FN5O2S/c1-2-14-22-19-25(23-14)18(27)16(28-19)15(12-4-3-5-13(20)10-12)24-8-6-11(7-9-24)17(21)26/h3-5,10-11,15,27H,2,6-9H2,1H3,(H2,21,26)/t15-/m0/s1. The molecule has 0 radical (unpaired) electrons. The van der Waals surface area contributed by atoms with Gasteiger partial charge in [-0.25, -0.2) is 9.37 Å². The van der Waals surface area contributed by atoms with Gasteiger partial charge in [0.05, 0.1) is 10.9 Å². The van der Waals surface area contributed by atoms with Gasteiger partial charge < -0.3 is 10.8 Å². The van der Waals surface area contributed by atoms with Crippen LogP contribution in [0.5, 0.6) is 5.88 Å². The molecule has 148 valence electrons. The Balaban J connectivity index is 1.74. The summed E-state index contributed by atoms with van der Waals surface area (Å²) >= 11 is 1.35. The molecule has 28 heavy (non-hydrogen) atoms. The van der Waals surface area contributed by atoms with Crippen molar-refractivity contribution in [1.29, 1.82) is 0 Å². The zero-order chi connectivity index (χ0) is 19.8. The van der Waals surface area contributed by atoms with Crippen molar-refractivity contribution in [3.63, 3.8) is 0 Å². The first-order valence-electron chi connectivity index (χ1n) is 9.34. The lowest BCUT2D eigenvalue weighted by atomic mass is 9.93. The summed E-state index contributed by atoms with van der Waals surface area (Å²) in [7, 11) is 0. The van der Waals surface area contributed by atoms with Gasteiger partial charge in [0, 0.05) is 12.3 Å². The van der Waals surface area contributed by atoms with E-state index in [4.69, 9.17) is 5.73 Å². The molecule has 1 fully saturated rings. The summed E-state index contributed by atoms with van der Waals surface area (Å²) in [6.45, 7) is 3.21. The molecule has 3 heterocycles. The minimum absolute atomic E-state index is 0.0264. The van der Waals surface area contributed by atoms with E-state index in [1.54, 1.807) is 6.07 Å². The number of likely N-dealkylation sites (tertiary alicyclic amines) is 1. The lowest BCUT2D eigenvalue weighted by molar-refractivity contribution is -0.123. The Morgan fingerprint density at radius 2 is 2.18 bits per heavy atom. The first-order valence-corrected chi connectivity index (χ1v) is 10.2. The average Bonchev–Trinajstić information content (AvgIpc) is 3.22. The molecule has 0 bridgehead atoms. The Bertz CT molecular complexity index is 1010. The Kier molecular flexibility index (Phi) is 5.03. The van der Waals surface area contributed by atoms with Crippen LogP contribution >= 0.6 is 11.3 Å². The van der Waals surface area contributed by atoms with Gasteiger partial charge >= 0.3 is 0 Å². The number of aromatic nitrogens is 3. The van der Waals surface area contributed by atoms with E-state index in [2.05, 4.69) is 15.0 Å². The van der Waals surface area contributed by atoms with E-state index in [-0.39, 0.29) is 29.6 Å². The molecule has 1 saturated heterocycles. The van der Waals surface area contributed by atoms with Crippen LogP contribution in [0.2, 0.25) is 0 Å². The number of thiazole rings is 1. The molecule has 1 amide bonds. The number of nitrogens with zero attached hydrogens (tertiary/aromatic N) is 4. The van der Waals surface area contributed by atoms with E-state index in [1.165, 1.54) is 28.0 Å². The highest BCUT2D eigenvalue weighted by Gasteiger charge is 2.33. The van der Waals surface area contributed by atoms with Crippen molar-refractivity contribution in [2.24, 2.45) is 11.7 Å². The summed E-state index contributed by atoms with van der Waals surface area (Å²) in [5.41, 5.74) is 6.20. The van der Waals surface area contributed by atoms with E-state index < -0.39 is 0 Å². The lowest BCUT2D eigenvalue weighted by Gasteiger charge is -2.36. The molecule has 4 rings (SSSR count). The van der Waals surface area contributed by atoms with Crippen LogP contribution in [0.25, 0.3) is 4.96 Å². The third-order valence-electron chi connectivity index (χ3n) is 5.27. The molecule has 9 heteroatoms. The first-order chi connectivity index (χ1) is 13.5. The van der Waals surface area contributed by atoms with Crippen LogP contribution in [0.3, 0.4) is 0 Å². The molecule has 3 N–H and O–H groups in total. The van der Waals surface area contributed by atoms with Gasteiger partial charge in [-0.15, -0.1) is 5.10 Å². The SMILES string of the molecule is CCc1nc2sc([C@H](c3cccc(F)c3)N3CCC(C(N)=O)CC3)c(O)n2n1. The molecule has 0 spiro atoms. The predicted octanol–water partition coefficient (Wildman–Crippen LogP) is 2.48. The summed E-state index contributed by atoms with van der Waals surface area (Å²) in [5, 5.41) is 15.2. The topological polar surface area (TPSA) is 96.8 Å². The molecule has 1 aliphatic heterocycles. The van der Waals surface area contributed by atoms with E-state index in [1.807, 2.05) is 13.0 Å². The number of benzene rings is 1. The normalized spacial score (nSPS) is 17.2. The number of aromatic hydroxyl groups is 1. The van der Waals surface area contributed by atoms with Gasteiger partial charge in [0.2, 0.25) is 16.7 Å². The summed E-state index contributed by atoms with van der Waals surface area (Å²) in [6.07, 6.45) is 1.96. The van der Waals surface area contributed by atoms with Crippen molar-refractivity contribution in [3.05, 3.63) is 46.3 Å². The fraction of sp³-hybridized carbons (Fsp3) is 0.421. The molecule has 2 aromatic heterocycles. The van der Waals surface area contributed by atoms with E-state index in [0.29, 0.717) is 48.0 Å². The summed E-state index contributed by atoms with van der Waals surface area (Å²) in [5.74, 6) is -0.0685. The third kappa shape index (κ3) is 3.35. The molecule has 3 aromatic rings. The molecule has 1 aliphatic rings. The second-order valence-electron chi connectivity index (χ2n) is 7.04. The van der Waals surface area contributed by atoms with Gasteiger partial charge in [0.25, 0.3) is 0 Å². The maximum absolute atomic E-state index is 14.0. The molecular formula is C19H22FN5O2S. The number of halogens is 1. The number of rotatable bonds is 5. The molecular weight excluding hydrogens is 381 g/mol. The zero-order valence-electron chi connectivity index (χ0n) is 15.5. The van der Waals surface area contributed by atoms with Crippen LogP contribution in [-0.2, 0) is 11.2 Å². The van der Waals surface area contributed by atoms with Crippen molar-refractivity contribution in [3.8, 4) is 5.88 Å². The molecule has 1 aromatic carbocycles. The molecule has 7 nitrogen and oxygen atoms in total. The van der Waals surface area contributed by atoms with Crippen LogP contribution < -0.4 is 5.73 Å². The summed E-state index contributed by atoms with van der Waals surface area (Å²) in [4.78, 5) is 19.4. The van der Waals surface area contributed by atoms with Gasteiger partial charge in [-0.3, -0.25) is 9.69 Å². The van der Waals surface area contributed by atoms with Crippen LogP contribution in [0, 0.1) is 11.7 Å². The highest BCUT2D eigenvalue weighted by atomic mass is 32.1. The number of piperidine rings is 1. The number of carbonyl (C=O) groups excluding carboxylic acids is 1. The summed E-state index contributed by atoms with van der Waals surface area (Å²) < 4.78 is 15.4. The van der Waals surface area contributed by atoms with Crippen molar-refractivity contribution in [2.75, 3.05) is 13.1 Å². The van der Waals surface area contributed by atoms with Crippen molar-refractivity contribution >= 4 is 22.2 Å². The quantitative estimate of drug-likeness (QED) is 0.682. The second-order valence-corrected chi connectivity index (χ2v) is 8.05. The van der Waals surface area contributed by atoms with E-state index in [0.717, 1.165) is 5.56 Å². The fourth-order valence-electron chi connectivity index (χ4n) is 3.77. The van der Waals surface area contributed by atoms with Crippen molar-refractivity contribution < 1.29 is 14.3 Å². The average molecular weight is 403 g/mol. The minimum Gasteiger partial charge on any atom is -0.492 e. The molecule has 1 atom stereocenters. The second kappa shape index (κ2) is 7.48. The van der Waals surface area contributed by atoms with Gasteiger partial charge in [-0.05, 0) is 43.6 Å². The number of hydrogen-bond acceptors (Lipinski definition) is 6. The van der Waals surface area contributed by atoms with Crippen molar-refractivity contribution in [1.82, 2.24) is 19.5 Å². The number of primary amides is 1. The largest absolute Gasteiger partial charge is 0.492 e. The van der Waals surface area contributed by atoms with Crippen LogP contribution in [0.15, 0.2) is 24.3 Å². The number of carbonyl (C=O) groups is 1. The maximum atomic E-state index is 14.0. The van der Waals surface area contributed by atoms with E-state index in [9.17, 15) is 14.3 Å². The van der Waals surface area contributed by atoms with Crippen molar-refractivity contribution in [2.45, 2.75) is 32.2 Å². The number of aryl methyl sites for hydroxylation is 1. The Labute approximate surface area is 165 Å². The van der Waals surface area contributed by atoms with Crippen LogP contribution in [0.4, 0.5) is 4.39 Å². The number of nitrogens with two attached hydrogens (primary N) is 1. The zero-order valence-corrected chi connectivity index (χ0v) is 16.3. The van der Waals surface area contributed by atoms with Gasteiger partial charge in [0.15, 0.2) is 5.82 Å². The number of amides is 1. The van der Waals surface area contributed by atoms with Gasteiger partial charge in [0.1, 0.15) is 5.82 Å². The predicted molar refractivity (Wildman–Crippen MR) is 104 cm³/mol. The summed E-state index contributed by atoms with van der Waals surface area (Å²) in [6, 6.07) is 6.05. The third-order valence-corrected chi connectivity index (χ3v) is 6.34. The monoisotopic (exact) mass is 403 g/mol. The van der Waals surface area contributed by atoms with Crippen LogP contribution in [-0.4, -0.2) is 43.6 Å². The molecule has 0 unspecified atom stereocenters. The molecule has 0 saturated carbocycles. The minimum atomic E-state index is -0.344. The van der Waals surface area contributed by atoms with Crippen LogP contribution in [0.1, 0.15) is 42.1 Å². The highest BCUT2D eigenvalue weighted by Crippen LogP contribution is 2.41. The molecule has 0 aliphatic carbocycles. The van der Waals surface area contributed by atoms with E-state index >= 15 is 0 Å². The lowest BCUT2D eigenvalue weighted by Crippen LogP contribution is -2.40. The smallest absolute Gasteiger partial charge is 0.230 e. The Morgan fingerprint density at radius 3 is 2.79 bits per heavy atom. The fourth-order valence-corrected chi connectivity index (χ4v) is 4.90. The maximum Gasteiger partial charge on any atom is 0.230 e. The Morgan fingerprint density at radius 1 is 1.43 bits per heavy atom. The Hall–Kier alpha value is -2.52. The van der Waals surface area contributed by atoms with Gasteiger partial charge in [-0.2, -0.15) is 4.52 Å². The number of hydrogen-bond donors (Lipinski definition) is 2.